The van der Waals surface area contributed by atoms with E-state index in [0.717, 1.165) is 31.7 Å². The van der Waals surface area contributed by atoms with Gasteiger partial charge in [0, 0.05) is 24.2 Å². The molecule has 0 saturated heterocycles. The van der Waals surface area contributed by atoms with Crippen LogP contribution in [0.1, 0.15) is 39.2 Å². The molecule has 108 valence electrons. The molecular weight excluding hydrogens is 236 g/mol. The quantitative estimate of drug-likeness (QED) is 0.784. The van der Waals surface area contributed by atoms with Gasteiger partial charge in [0.05, 0.1) is 7.11 Å². The predicted octanol–water partition coefficient (Wildman–Crippen LogP) is 3.03. The molecule has 3 nitrogen and oxygen atoms in total. The fourth-order valence-electron chi connectivity index (χ4n) is 2.77. The van der Waals surface area contributed by atoms with Gasteiger partial charge in [0.2, 0.25) is 0 Å². The topological polar surface area (TPSA) is 38.5 Å². The zero-order chi connectivity index (χ0) is 14.3. The highest BCUT2D eigenvalue weighted by molar-refractivity contribution is 5.33. The van der Waals surface area contributed by atoms with Crippen LogP contribution in [0.3, 0.4) is 0 Å². The molecule has 1 aromatic carbocycles. The van der Waals surface area contributed by atoms with Gasteiger partial charge in [-0.15, -0.1) is 0 Å². The fraction of sp³-hybridized carbons (Fsp3) is 0.625. The maximum atomic E-state index is 6.06. The molecule has 3 heteroatoms. The Morgan fingerprint density at radius 2 is 1.79 bits per heavy atom. The number of methoxy groups -OCH3 is 1. The first-order valence-corrected chi connectivity index (χ1v) is 7.24. The lowest BCUT2D eigenvalue weighted by Gasteiger charge is -2.42. The Labute approximate surface area is 117 Å². The van der Waals surface area contributed by atoms with E-state index in [1.807, 2.05) is 12.1 Å². The van der Waals surface area contributed by atoms with Crippen LogP contribution in [-0.4, -0.2) is 30.6 Å². The molecule has 1 aromatic rings. The molecule has 0 unspecified atom stereocenters. The average Bonchev–Trinajstić information content (AvgIpc) is 2.48. The molecule has 0 fully saturated rings. The number of hydrogen-bond donors (Lipinski definition) is 1. The minimum Gasteiger partial charge on any atom is -0.496 e. The summed E-state index contributed by atoms with van der Waals surface area (Å²) >= 11 is 0. The van der Waals surface area contributed by atoms with Crippen molar-refractivity contribution in [3.63, 3.8) is 0 Å². The van der Waals surface area contributed by atoms with Crippen LogP contribution in [0.4, 0.5) is 0 Å². The molecule has 0 aliphatic rings. The summed E-state index contributed by atoms with van der Waals surface area (Å²) in [6.07, 6.45) is 2.14. The number of ether oxygens (including phenoxy) is 1. The first-order valence-electron chi connectivity index (χ1n) is 7.24. The van der Waals surface area contributed by atoms with E-state index in [9.17, 15) is 0 Å². The highest BCUT2D eigenvalue weighted by Crippen LogP contribution is 2.27. The summed E-state index contributed by atoms with van der Waals surface area (Å²) < 4.78 is 5.45. The molecule has 0 bridgehead atoms. The second-order valence-electron chi connectivity index (χ2n) is 4.96. The minimum atomic E-state index is 0.0929. The van der Waals surface area contributed by atoms with Crippen molar-refractivity contribution in [2.75, 3.05) is 20.2 Å². The summed E-state index contributed by atoms with van der Waals surface area (Å²) in [7, 11) is 1.73. The molecule has 0 amide bonds. The average molecular weight is 264 g/mol. The Bertz CT molecular complexity index is 367. The van der Waals surface area contributed by atoms with Gasteiger partial charge in [0.15, 0.2) is 0 Å². The summed E-state index contributed by atoms with van der Waals surface area (Å²) in [6, 6.07) is 8.22. The molecule has 0 aliphatic heterocycles. The first-order chi connectivity index (χ1) is 9.17. The lowest BCUT2D eigenvalue weighted by molar-refractivity contribution is 0.0819. The third-order valence-corrected chi connectivity index (χ3v) is 4.30. The Hall–Kier alpha value is -1.06. The summed E-state index contributed by atoms with van der Waals surface area (Å²) in [6.45, 7) is 9.23. The second-order valence-corrected chi connectivity index (χ2v) is 4.96. The summed E-state index contributed by atoms with van der Waals surface area (Å²) in [5.41, 5.74) is 7.38. The van der Waals surface area contributed by atoms with Crippen LogP contribution in [0.25, 0.3) is 0 Å². The second kappa shape index (κ2) is 7.51. The molecule has 0 heterocycles. The number of likely N-dealkylation sites (N-methyl/N-ethyl adjacent to an activating group) is 1. The van der Waals surface area contributed by atoms with Gasteiger partial charge < -0.3 is 10.5 Å². The van der Waals surface area contributed by atoms with Gasteiger partial charge in [0.1, 0.15) is 5.75 Å². The molecular formula is C16H28N2O. The predicted molar refractivity (Wildman–Crippen MR) is 81.4 cm³/mol. The van der Waals surface area contributed by atoms with Gasteiger partial charge in [-0.05, 0) is 25.5 Å². The Morgan fingerprint density at radius 3 is 2.26 bits per heavy atom. The highest BCUT2D eigenvalue weighted by Gasteiger charge is 2.31. The Balaban J connectivity index is 2.98. The maximum absolute atomic E-state index is 6.06. The smallest absolute Gasteiger partial charge is 0.123 e. The third kappa shape index (κ3) is 3.48. The van der Waals surface area contributed by atoms with Gasteiger partial charge in [-0.2, -0.15) is 0 Å². The van der Waals surface area contributed by atoms with Crippen molar-refractivity contribution in [2.24, 2.45) is 5.73 Å². The lowest BCUT2D eigenvalue weighted by Crippen LogP contribution is -2.52. The van der Waals surface area contributed by atoms with Crippen LogP contribution in [0.5, 0.6) is 5.75 Å². The van der Waals surface area contributed by atoms with Crippen LogP contribution >= 0.6 is 0 Å². The first kappa shape index (κ1) is 16.0. The highest BCUT2D eigenvalue weighted by atomic mass is 16.5. The van der Waals surface area contributed by atoms with E-state index in [1.54, 1.807) is 7.11 Å². The van der Waals surface area contributed by atoms with E-state index in [-0.39, 0.29) is 5.54 Å². The van der Waals surface area contributed by atoms with E-state index in [1.165, 1.54) is 5.56 Å². The van der Waals surface area contributed by atoms with Crippen molar-refractivity contribution in [1.29, 1.82) is 0 Å². The van der Waals surface area contributed by atoms with Crippen LogP contribution in [0, 0.1) is 0 Å². The third-order valence-electron chi connectivity index (χ3n) is 4.30. The van der Waals surface area contributed by atoms with E-state index >= 15 is 0 Å². The van der Waals surface area contributed by atoms with Gasteiger partial charge in [-0.1, -0.05) is 39.0 Å². The largest absolute Gasteiger partial charge is 0.496 e. The van der Waals surface area contributed by atoms with Crippen LogP contribution in [0.15, 0.2) is 24.3 Å². The minimum absolute atomic E-state index is 0.0929. The Morgan fingerprint density at radius 1 is 1.16 bits per heavy atom. The van der Waals surface area contributed by atoms with Gasteiger partial charge in [0.25, 0.3) is 0 Å². The molecule has 0 aromatic heterocycles. The summed E-state index contributed by atoms with van der Waals surface area (Å²) in [4.78, 5) is 2.48. The lowest BCUT2D eigenvalue weighted by atomic mass is 9.90. The van der Waals surface area contributed by atoms with E-state index < -0.39 is 0 Å². The standard InChI is InChI=1S/C16H28N2O/c1-5-16(6-2,13-17)18(7-3)12-14-10-8-9-11-15(14)19-4/h8-11H,5-7,12-13,17H2,1-4H3. The molecule has 1 rings (SSSR count). The maximum Gasteiger partial charge on any atom is 0.123 e. The zero-order valence-electron chi connectivity index (χ0n) is 12.8. The number of hydrogen-bond acceptors (Lipinski definition) is 3. The van der Waals surface area contributed by atoms with Gasteiger partial charge >= 0.3 is 0 Å². The number of nitrogens with two attached hydrogens (primary N) is 1. The summed E-state index contributed by atoms with van der Waals surface area (Å²) in [5, 5.41) is 0. The van der Waals surface area contributed by atoms with Gasteiger partial charge in [-0.3, -0.25) is 4.90 Å². The van der Waals surface area contributed by atoms with Crippen molar-refractivity contribution >= 4 is 0 Å². The number of nitrogens with zero attached hydrogens (tertiary/aromatic N) is 1. The van der Waals surface area contributed by atoms with Crippen LogP contribution in [0.2, 0.25) is 0 Å². The molecule has 0 radical (unpaired) electrons. The summed E-state index contributed by atoms with van der Waals surface area (Å²) in [5.74, 6) is 0.957. The normalized spacial score (nSPS) is 11.9. The monoisotopic (exact) mass is 264 g/mol. The molecule has 0 spiro atoms. The van der Waals surface area contributed by atoms with E-state index in [4.69, 9.17) is 10.5 Å². The van der Waals surface area contributed by atoms with Gasteiger partial charge in [-0.25, -0.2) is 0 Å². The SMILES string of the molecule is CCN(Cc1ccccc1OC)C(CC)(CC)CN. The molecule has 0 aliphatic carbocycles. The molecule has 2 N–H and O–H groups in total. The van der Waals surface area contributed by atoms with Crippen molar-refractivity contribution < 1.29 is 4.74 Å². The molecule has 19 heavy (non-hydrogen) atoms. The van der Waals surface area contributed by atoms with Crippen LogP contribution < -0.4 is 10.5 Å². The van der Waals surface area contributed by atoms with Crippen LogP contribution in [-0.2, 0) is 6.54 Å². The number of benzene rings is 1. The fourth-order valence-corrected chi connectivity index (χ4v) is 2.77. The van der Waals surface area contributed by atoms with Crippen molar-refractivity contribution in [3.05, 3.63) is 29.8 Å². The van der Waals surface area contributed by atoms with E-state index in [2.05, 4.69) is 37.8 Å². The Kier molecular flexibility index (Phi) is 6.32. The van der Waals surface area contributed by atoms with Crippen molar-refractivity contribution in [1.82, 2.24) is 4.90 Å². The van der Waals surface area contributed by atoms with Crippen molar-refractivity contribution in [2.45, 2.75) is 45.7 Å². The molecule has 0 atom stereocenters. The zero-order valence-corrected chi connectivity index (χ0v) is 12.8. The molecule has 0 saturated carbocycles. The van der Waals surface area contributed by atoms with E-state index in [0.29, 0.717) is 6.54 Å². The number of rotatable bonds is 8. The number of para-hydroxylation sites is 1. The van der Waals surface area contributed by atoms with Crippen molar-refractivity contribution in [3.8, 4) is 5.75 Å².